The predicted octanol–water partition coefficient (Wildman–Crippen LogP) is 2.80. The van der Waals surface area contributed by atoms with Crippen molar-refractivity contribution in [3.63, 3.8) is 0 Å². The molecule has 1 fully saturated rings. The molecule has 1 atom stereocenters. The van der Waals surface area contributed by atoms with Crippen LogP contribution in [0.2, 0.25) is 0 Å². The van der Waals surface area contributed by atoms with Crippen molar-refractivity contribution < 1.29 is 14.0 Å². The Kier molecular flexibility index (Phi) is 6.85. The van der Waals surface area contributed by atoms with Gasteiger partial charge in [-0.05, 0) is 49.5 Å². The number of nitrogens with zero attached hydrogens (tertiary/aromatic N) is 1. The van der Waals surface area contributed by atoms with Crippen molar-refractivity contribution in [2.24, 2.45) is 0 Å². The summed E-state index contributed by atoms with van der Waals surface area (Å²) in [6.07, 6.45) is 5.56. The zero-order chi connectivity index (χ0) is 18.2. The van der Waals surface area contributed by atoms with Gasteiger partial charge < -0.3 is 15.1 Å². The van der Waals surface area contributed by atoms with Crippen LogP contribution < -0.4 is 10.6 Å². The fourth-order valence-electron chi connectivity index (χ4n) is 3.20. The number of furan rings is 1. The minimum absolute atomic E-state index is 0.0648. The summed E-state index contributed by atoms with van der Waals surface area (Å²) in [5.74, 6) is 0.692. The molecule has 0 aromatic carbocycles. The minimum atomic E-state index is -0.130. The lowest BCUT2D eigenvalue weighted by atomic mass is 10.1. The molecule has 3 rings (SSSR count). The number of hydrogen-bond acceptors (Lipinski definition) is 5. The zero-order valence-electron chi connectivity index (χ0n) is 14.8. The van der Waals surface area contributed by atoms with E-state index in [1.54, 1.807) is 12.3 Å². The molecule has 0 radical (unpaired) electrons. The van der Waals surface area contributed by atoms with Gasteiger partial charge >= 0.3 is 0 Å². The summed E-state index contributed by atoms with van der Waals surface area (Å²) in [4.78, 5) is 27.1. The van der Waals surface area contributed by atoms with E-state index in [1.807, 2.05) is 23.6 Å². The third-order valence-corrected chi connectivity index (χ3v) is 5.45. The number of carbonyl (C=O) groups is 2. The molecule has 1 unspecified atom stereocenters. The number of piperidine rings is 1. The van der Waals surface area contributed by atoms with Crippen LogP contribution in [0.15, 0.2) is 40.3 Å². The Labute approximate surface area is 157 Å². The Morgan fingerprint density at radius 1 is 1.15 bits per heavy atom. The van der Waals surface area contributed by atoms with Crippen molar-refractivity contribution in [2.75, 3.05) is 26.2 Å². The molecule has 2 N–H and O–H groups in total. The molecule has 0 aliphatic carbocycles. The largest absolute Gasteiger partial charge is 0.468 e. The van der Waals surface area contributed by atoms with Crippen molar-refractivity contribution in [3.05, 3.63) is 46.5 Å². The highest BCUT2D eigenvalue weighted by Gasteiger charge is 2.24. The Morgan fingerprint density at radius 2 is 2.00 bits per heavy atom. The third-order valence-electron chi connectivity index (χ3n) is 4.58. The number of likely N-dealkylation sites (tertiary alicyclic amines) is 1. The second kappa shape index (κ2) is 9.54. The maximum Gasteiger partial charge on any atom is 0.261 e. The van der Waals surface area contributed by atoms with Crippen LogP contribution in [0, 0.1) is 0 Å². The molecule has 26 heavy (non-hydrogen) atoms. The van der Waals surface area contributed by atoms with Crippen LogP contribution in [-0.2, 0) is 4.79 Å². The molecule has 140 valence electrons. The molecule has 3 heterocycles. The van der Waals surface area contributed by atoms with Crippen molar-refractivity contribution in [1.29, 1.82) is 0 Å². The average Bonchev–Trinajstić information content (AvgIpc) is 3.37. The average molecular weight is 375 g/mol. The summed E-state index contributed by atoms with van der Waals surface area (Å²) in [6.45, 7) is 2.90. The van der Waals surface area contributed by atoms with Crippen LogP contribution in [0.5, 0.6) is 0 Å². The number of thiophene rings is 1. The van der Waals surface area contributed by atoms with Crippen LogP contribution in [-0.4, -0.2) is 42.9 Å². The Bertz CT molecular complexity index is 679. The van der Waals surface area contributed by atoms with Gasteiger partial charge in [-0.25, -0.2) is 0 Å². The van der Waals surface area contributed by atoms with Gasteiger partial charge in [-0.1, -0.05) is 12.5 Å². The first-order valence-corrected chi connectivity index (χ1v) is 9.98. The highest BCUT2D eigenvalue weighted by Crippen LogP contribution is 2.24. The SMILES string of the molecule is O=C(CCNC(=O)c1cccs1)NCC(c1ccco1)N1CCCCC1. The molecule has 2 amide bonds. The Hall–Kier alpha value is -2.12. The van der Waals surface area contributed by atoms with E-state index in [2.05, 4.69) is 15.5 Å². The minimum Gasteiger partial charge on any atom is -0.468 e. The van der Waals surface area contributed by atoms with E-state index < -0.39 is 0 Å². The van der Waals surface area contributed by atoms with Crippen LogP contribution in [0.1, 0.15) is 47.2 Å². The number of hydrogen-bond donors (Lipinski definition) is 2. The van der Waals surface area contributed by atoms with E-state index in [9.17, 15) is 9.59 Å². The smallest absolute Gasteiger partial charge is 0.261 e. The molecule has 1 aliphatic rings. The molecule has 0 spiro atoms. The summed E-state index contributed by atoms with van der Waals surface area (Å²) in [7, 11) is 0. The van der Waals surface area contributed by atoms with Gasteiger partial charge in [0.15, 0.2) is 0 Å². The summed E-state index contributed by atoms with van der Waals surface area (Å²) in [5.41, 5.74) is 0. The number of nitrogens with one attached hydrogen (secondary N) is 2. The van der Waals surface area contributed by atoms with E-state index in [1.165, 1.54) is 30.6 Å². The summed E-state index contributed by atoms with van der Waals surface area (Å²) in [5, 5.41) is 7.62. The third kappa shape index (κ3) is 5.19. The zero-order valence-corrected chi connectivity index (χ0v) is 15.6. The number of amides is 2. The maximum atomic E-state index is 12.2. The van der Waals surface area contributed by atoms with Crippen molar-refractivity contribution in [1.82, 2.24) is 15.5 Å². The van der Waals surface area contributed by atoms with Gasteiger partial charge in [0.25, 0.3) is 5.91 Å². The molecular formula is C19H25N3O3S. The first-order valence-electron chi connectivity index (χ1n) is 9.10. The first-order chi connectivity index (χ1) is 12.7. The standard InChI is InChI=1S/C19H25N3O3S/c23-18(8-9-20-19(24)17-7-5-13-26-17)21-14-15(16-6-4-12-25-16)22-10-2-1-3-11-22/h4-7,12-13,15H,1-3,8-11,14H2,(H,20,24)(H,21,23). The lowest BCUT2D eigenvalue weighted by Gasteiger charge is -2.33. The molecule has 1 saturated heterocycles. The summed E-state index contributed by atoms with van der Waals surface area (Å²) in [6, 6.07) is 7.52. The van der Waals surface area contributed by atoms with E-state index in [4.69, 9.17) is 4.42 Å². The van der Waals surface area contributed by atoms with E-state index in [-0.39, 0.29) is 24.3 Å². The van der Waals surface area contributed by atoms with Gasteiger partial charge in [0.05, 0.1) is 17.2 Å². The van der Waals surface area contributed by atoms with Gasteiger partial charge in [0.2, 0.25) is 5.91 Å². The van der Waals surface area contributed by atoms with Gasteiger partial charge in [-0.15, -0.1) is 11.3 Å². The van der Waals surface area contributed by atoms with Crippen molar-refractivity contribution >= 4 is 23.2 Å². The first kappa shape index (κ1) is 18.7. The molecular weight excluding hydrogens is 350 g/mol. The second-order valence-corrected chi connectivity index (χ2v) is 7.36. The lowest BCUT2D eigenvalue weighted by molar-refractivity contribution is -0.121. The monoisotopic (exact) mass is 375 g/mol. The van der Waals surface area contributed by atoms with Gasteiger partial charge in [-0.3, -0.25) is 14.5 Å². The van der Waals surface area contributed by atoms with Crippen LogP contribution in [0.25, 0.3) is 0 Å². The topological polar surface area (TPSA) is 74.6 Å². The predicted molar refractivity (Wildman–Crippen MR) is 101 cm³/mol. The quantitative estimate of drug-likeness (QED) is 0.744. The molecule has 0 saturated carbocycles. The molecule has 7 heteroatoms. The highest BCUT2D eigenvalue weighted by molar-refractivity contribution is 7.12. The van der Waals surface area contributed by atoms with E-state index >= 15 is 0 Å². The lowest BCUT2D eigenvalue weighted by Crippen LogP contribution is -2.41. The van der Waals surface area contributed by atoms with Gasteiger partial charge in [-0.2, -0.15) is 0 Å². The van der Waals surface area contributed by atoms with Crippen molar-refractivity contribution in [2.45, 2.75) is 31.7 Å². The number of carbonyl (C=O) groups excluding carboxylic acids is 2. The molecule has 2 aromatic heterocycles. The highest BCUT2D eigenvalue weighted by atomic mass is 32.1. The Morgan fingerprint density at radius 3 is 2.69 bits per heavy atom. The normalized spacial score (nSPS) is 16.2. The molecule has 1 aliphatic heterocycles. The van der Waals surface area contributed by atoms with Crippen LogP contribution >= 0.6 is 11.3 Å². The maximum absolute atomic E-state index is 12.2. The second-order valence-electron chi connectivity index (χ2n) is 6.42. The van der Waals surface area contributed by atoms with Crippen LogP contribution in [0.4, 0.5) is 0 Å². The van der Waals surface area contributed by atoms with Gasteiger partial charge in [0, 0.05) is 19.5 Å². The van der Waals surface area contributed by atoms with Crippen LogP contribution in [0.3, 0.4) is 0 Å². The Balaban J connectivity index is 1.44. The van der Waals surface area contributed by atoms with E-state index in [0.29, 0.717) is 18.0 Å². The summed E-state index contributed by atoms with van der Waals surface area (Å²) >= 11 is 1.39. The molecule has 6 nitrogen and oxygen atoms in total. The fourth-order valence-corrected chi connectivity index (χ4v) is 3.84. The van der Waals surface area contributed by atoms with Gasteiger partial charge in [0.1, 0.15) is 5.76 Å². The van der Waals surface area contributed by atoms with E-state index in [0.717, 1.165) is 18.8 Å². The molecule has 2 aromatic rings. The number of rotatable bonds is 8. The fraction of sp³-hybridized carbons (Fsp3) is 0.474. The van der Waals surface area contributed by atoms with Crippen molar-refractivity contribution in [3.8, 4) is 0 Å². The summed E-state index contributed by atoms with van der Waals surface area (Å²) < 4.78 is 5.59. The molecule has 0 bridgehead atoms.